The Morgan fingerprint density at radius 2 is 1.71 bits per heavy atom. The van der Waals surface area contributed by atoms with Crippen LogP contribution in [0.1, 0.15) is 13.8 Å². The molecule has 2 atom stereocenters. The number of hydrogen-bond donors (Lipinski definition) is 1. The molecule has 0 aromatic carbocycles. The van der Waals surface area contributed by atoms with Crippen LogP contribution >= 0.6 is 7.60 Å². The van der Waals surface area contributed by atoms with Crippen LogP contribution in [0.15, 0.2) is 0 Å². The molecule has 0 saturated heterocycles. The predicted molar refractivity (Wildman–Crippen MR) is 75.7 cm³/mol. The molecule has 0 rings (SSSR count). The van der Waals surface area contributed by atoms with Crippen molar-refractivity contribution in [1.29, 1.82) is 0 Å². The van der Waals surface area contributed by atoms with Crippen molar-refractivity contribution in [3.8, 4) is 0 Å². The fourth-order valence-electron chi connectivity index (χ4n) is 1.25. The lowest BCUT2D eigenvalue weighted by atomic mass is 10.4. The van der Waals surface area contributed by atoms with Crippen molar-refractivity contribution in [3.63, 3.8) is 0 Å². The Labute approximate surface area is 125 Å². The standard InChI is InChI=1S/C12H24NO7P/c1-10(14)18-8-12(20-11(2)15)9-19-21(16,17)7-6-13(3,4)5/h12H,6-9H2,1-5H3/p+1/t12-/m1/s1. The normalized spacial score (nSPS) is 15.9. The van der Waals surface area contributed by atoms with E-state index in [0.29, 0.717) is 11.0 Å². The van der Waals surface area contributed by atoms with Crippen LogP contribution in [-0.2, 0) is 28.2 Å². The van der Waals surface area contributed by atoms with E-state index < -0.39 is 25.6 Å². The third-order valence-corrected chi connectivity index (χ3v) is 3.64. The number of nitrogens with zero attached hydrogens (tertiary/aromatic N) is 1. The summed E-state index contributed by atoms with van der Waals surface area (Å²) in [6.45, 7) is 2.33. The summed E-state index contributed by atoms with van der Waals surface area (Å²) in [5, 5.41) is 0. The van der Waals surface area contributed by atoms with E-state index in [9.17, 15) is 19.0 Å². The van der Waals surface area contributed by atoms with Crippen LogP contribution in [0.3, 0.4) is 0 Å². The van der Waals surface area contributed by atoms with Crippen LogP contribution < -0.4 is 0 Å². The molecule has 0 fully saturated rings. The molecule has 0 aromatic rings. The Morgan fingerprint density at radius 3 is 2.14 bits per heavy atom. The van der Waals surface area contributed by atoms with Crippen LogP contribution in [0, 0.1) is 0 Å². The predicted octanol–water partition coefficient (Wildman–Crippen LogP) is 0.389. The number of ether oxygens (including phenoxy) is 2. The molecular formula is C12H25NO7P+. The maximum atomic E-state index is 11.9. The molecule has 0 amide bonds. The van der Waals surface area contributed by atoms with E-state index in [2.05, 4.69) is 0 Å². The molecule has 0 spiro atoms. The zero-order valence-electron chi connectivity index (χ0n) is 13.2. The summed E-state index contributed by atoms with van der Waals surface area (Å²) >= 11 is 0. The second-order valence-electron chi connectivity index (χ2n) is 5.70. The van der Waals surface area contributed by atoms with Crippen molar-refractivity contribution < 1.29 is 37.5 Å². The summed E-state index contributed by atoms with van der Waals surface area (Å²) in [5.41, 5.74) is 0. The van der Waals surface area contributed by atoms with Crippen LogP contribution in [-0.4, -0.2) is 74.5 Å². The highest BCUT2D eigenvalue weighted by Gasteiger charge is 2.26. The molecule has 0 aliphatic heterocycles. The lowest BCUT2D eigenvalue weighted by molar-refractivity contribution is -0.867. The van der Waals surface area contributed by atoms with Gasteiger partial charge in [0.2, 0.25) is 0 Å². The Morgan fingerprint density at radius 1 is 1.14 bits per heavy atom. The zero-order chi connectivity index (χ0) is 16.7. The average Bonchev–Trinajstić information content (AvgIpc) is 2.29. The summed E-state index contributed by atoms with van der Waals surface area (Å²) in [6, 6.07) is 0. The molecule has 0 aromatic heterocycles. The quantitative estimate of drug-likeness (QED) is 0.372. The number of rotatable bonds is 9. The number of hydrogen-bond acceptors (Lipinski definition) is 6. The van der Waals surface area contributed by atoms with Crippen LogP contribution in [0.2, 0.25) is 0 Å². The Bertz CT molecular complexity index is 405. The molecule has 1 N–H and O–H groups in total. The van der Waals surface area contributed by atoms with E-state index in [1.54, 1.807) is 0 Å². The first-order valence-corrected chi connectivity index (χ1v) is 8.25. The van der Waals surface area contributed by atoms with Gasteiger partial charge in [0.1, 0.15) is 6.61 Å². The minimum Gasteiger partial charge on any atom is -0.462 e. The van der Waals surface area contributed by atoms with Gasteiger partial charge in [-0.05, 0) is 0 Å². The van der Waals surface area contributed by atoms with Gasteiger partial charge in [-0.2, -0.15) is 0 Å². The van der Waals surface area contributed by atoms with Crippen molar-refractivity contribution in [2.75, 3.05) is 47.1 Å². The van der Waals surface area contributed by atoms with Crippen molar-refractivity contribution in [2.45, 2.75) is 20.0 Å². The van der Waals surface area contributed by atoms with Crippen molar-refractivity contribution in [3.05, 3.63) is 0 Å². The minimum atomic E-state index is -3.78. The molecule has 0 aliphatic carbocycles. The fraction of sp³-hybridized carbons (Fsp3) is 0.833. The van der Waals surface area contributed by atoms with E-state index in [1.807, 2.05) is 21.1 Å². The molecule has 124 valence electrons. The van der Waals surface area contributed by atoms with Gasteiger partial charge in [0.25, 0.3) is 0 Å². The van der Waals surface area contributed by atoms with Crippen molar-refractivity contribution in [2.24, 2.45) is 0 Å². The van der Waals surface area contributed by atoms with Gasteiger partial charge >= 0.3 is 19.5 Å². The van der Waals surface area contributed by atoms with Gasteiger partial charge < -0.3 is 23.4 Å². The van der Waals surface area contributed by atoms with Gasteiger partial charge in [-0.25, -0.2) is 0 Å². The number of carbonyl (C=O) groups excluding carboxylic acids is 2. The van der Waals surface area contributed by atoms with Gasteiger partial charge in [-0.1, -0.05) is 0 Å². The topological polar surface area (TPSA) is 99.1 Å². The maximum absolute atomic E-state index is 11.9. The maximum Gasteiger partial charge on any atom is 0.333 e. The van der Waals surface area contributed by atoms with Crippen LogP contribution in [0.25, 0.3) is 0 Å². The van der Waals surface area contributed by atoms with E-state index in [4.69, 9.17) is 14.0 Å². The third kappa shape index (κ3) is 12.5. The van der Waals surface area contributed by atoms with Gasteiger partial charge in [0, 0.05) is 13.8 Å². The van der Waals surface area contributed by atoms with Crippen LogP contribution in [0.5, 0.6) is 0 Å². The summed E-state index contributed by atoms with van der Waals surface area (Å²) in [6.07, 6.45) is -0.923. The molecule has 9 heteroatoms. The lowest BCUT2D eigenvalue weighted by Gasteiger charge is -2.25. The van der Waals surface area contributed by atoms with E-state index >= 15 is 0 Å². The first-order chi connectivity index (χ1) is 9.41. The molecule has 0 aliphatic rings. The average molecular weight is 326 g/mol. The highest BCUT2D eigenvalue weighted by molar-refractivity contribution is 7.52. The number of quaternary nitrogens is 1. The fourth-order valence-corrected chi connectivity index (χ4v) is 2.63. The Kier molecular flexibility index (Phi) is 8.10. The summed E-state index contributed by atoms with van der Waals surface area (Å²) < 4.78 is 26.9. The van der Waals surface area contributed by atoms with E-state index in [0.717, 1.165) is 0 Å². The van der Waals surface area contributed by atoms with Crippen molar-refractivity contribution >= 4 is 19.5 Å². The molecule has 0 bridgehead atoms. The second kappa shape index (κ2) is 8.48. The lowest BCUT2D eigenvalue weighted by Crippen LogP contribution is -2.37. The van der Waals surface area contributed by atoms with Gasteiger partial charge in [-0.3, -0.25) is 14.2 Å². The van der Waals surface area contributed by atoms with Gasteiger partial charge in [0.15, 0.2) is 6.10 Å². The second-order valence-corrected chi connectivity index (χ2v) is 7.69. The SMILES string of the molecule is CC(=O)OC[C@H](COP(=O)(O)CC[N+](C)(C)C)OC(C)=O. The monoisotopic (exact) mass is 326 g/mol. The van der Waals surface area contributed by atoms with E-state index in [1.165, 1.54) is 13.8 Å². The Balaban J connectivity index is 4.39. The summed E-state index contributed by atoms with van der Waals surface area (Å²) in [4.78, 5) is 31.4. The first-order valence-electron chi connectivity index (χ1n) is 6.49. The summed E-state index contributed by atoms with van der Waals surface area (Å²) in [7, 11) is 1.89. The molecule has 0 heterocycles. The van der Waals surface area contributed by atoms with Gasteiger partial charge in [-0.15, -0.1) is 0 Å². The highest BCUT2D eigenvalue weighted by atomic mass is 31.2. The van der Waals surface area contributed by atoms with Gasteiger partial charge in [0.05, 0.1) is 40.5 Å². The third-order valence-electron chi connectivity index (χ3n) is 2.32. The molecule has 21 heavy (non-hydrogen) atoms. The molecule has 1 unspecified atom stereocenters. The van der Waals surface area contributed by atoms with E-state index in [-0.39, 0.29) is 19.4 Å². The highest BCUT2D eigenvalue weighted by Crippen LogP contribution is 2.41. The largest absolute Gasteiger partial charge is 0.462 e. The Hall–Kier alpha value is -0.950. The minimum absolute atomic E-state index is 0.0170. The molecule has 0 radical (unpaired) electrons. The smallest absolute Gasteiger partial charge is 0.333 e. The first kappa shape index (κ1) is 20.1. The van der Waals surface area contributed by atoms with Crippen LogP contribution in [0.4, 0.5) is 0 Å². The number of carbonyl (C=O) groups is 2. The molecule has 8 nitrogen and oxygen atoms in total. The zero-order valence-corrected chi connectivity index (χ0v) is 14.1. The molecular weight excluding hydrogens is 301 g/mol. The number of esters is 2. The molecule has 0 saturated carbocycles. The summed E-state index contributed by atoms with van der Waals surface area (Å²) in [5.74, 6) is -1.13. The van der Waals surface area contributed by atoms with Crippen molar-refractivity contribution in [1.82, 2.24) is 0 Å².